The molecule has 0 radical (unpaired) electrons. The van der Waals surface area contributed by atoms with Gasteiger partial charge in [-0.3, -0.25) is 9.89 Å². The SMILES string of the molecule is O=c1cc(CN(CCCO)c2ccccc2)nc2cc[nH]n12. The predicted molar refractivity (Wildman–Crippen MR) is 85.0 cm³/mol. The predicted octanol–water partition coefficient (Wildman–Crippen LogP) is 1.41. The van der Waals surface area contributed by atoms with E-state index in [0.29, 0.717) is 30.9 Å². The lowest BCUT2D eigenvalue weighted by molar-refractivity contribution is 0.289. The maximum atomic E-state index is 12.0. The number of hydrogen-bond donors (Lipinski definition) is 2. The molecule has 114 valence electrons. The van der Waals surface area contributed by atoms with Gasteiger partial charge in [0.1, 0.15) is 0 Å². The van der Waals surface area contributed by atoms with Gasteiger partial charge < -0.3 is 10.0 Å². The van der Waals surface area contributed by atoms with Crippen LogP contribution in [0, 0.1) is 0 Å². The number of H-pyrrole nitrogens is 1. The van der Waals surface area contributed by atoms with Gasteiger partial charge >= 0.3 is 0 Å². The average molecular weight is 298 g/mol. The van der Waals surface area contributed by atoms with E-state index in [2.05, 4.69) is 15.0 Å². The Morgan fingerprint density at radius 1 is 1.23 bits per heavy atom. The van der Waals surface area contributed by atoms with Crippen molar-refractivity contribution in [3.05, 3.63) is 64.7 Å². The third kappa shape index (κ3) is 3.01. The van der Waals surface area contributed by atoms with E-state index in [-0.39, 0.29) is 12.2 Å². The number of hydrogen-bond acceptors (Lipinski definition) is 4. The van der Waals surface area contributed by atoms with E-state index >= 15 is 0 Å². The second-order valence-corrected chi connectivity index (χ2v) is 5.08. The monoisotopic (exact) mass is 298 g/mol. The quantitative estimate of drug-likeness (QED) is 0.721. The second-order valence-electron chi connectivity index (χ2n) is 5.08. The van der Waals surface area contributed by atoms with Crippen LogP contribution in [-0.4, -0.2) is 32.9 Å². The van der Waals surface area contributed by atoms with Gasteiger partial charge in [-0.15, -0.1) is 0 Å². The van der Waals surface area contributed by atoms with Gasteiger partial charge in [-0.1, -0.05) is 18.2 Å². The first kappa shape index (κ1) is 14.3. The van der Waals surface area contributed by atoms with Crippen molar-refractivity contribution in [3.63, 3.8) is 0 Å². The van der Waals surface area contributed by atoms with Crippen LogP contribution in [0.4, 0.5) is 5.69 Å². The van der Waals surface area contributed by atoms with Gasteiger partial charge in [0.25, 0.3) is 5.56 Å². The number of rotatable bonds is 6. The first-order valence-electron chi connectivity index (χ1n) is 7.25. The molecule has 0 aliphatic heterocycles. The molecule has 0 amide bonds. The summed E-state index contributed by atoms with van der Waals surface area (Å²) in [6, 6.07) is 13.2. The fourth-order valence-electron chi connectivity index (χ4n) is 2.45. The van der Waals surface area contributed by atoms with Crippen molar-refractivity contribution in [1.29, 1.82) is 0 Å². The Morgan fingerprint density at radius 3 is 2.82 bits per heavy atom. The largest absolute Gasteiger partial charge is 0.396 e. The molecule has 0 atom stereocenters. The van der Waals surface area contributed by atoms with Crippen LogP contribution in [0.1, 0.15) is 12.1 Å². The van der Waals surface area contributed by atoms with E-state index in [1.807, 2.05) is 30.3 Å². The molecule has 0 unspecified atom stereocenters. The highest BCUT2D eigenvalue weighted by atomic mass is 16.3. The number of fused-ring (bicyclic) bond motifs is 1. The fraction of sp³-hybridized carbons (Fsp3) is 0.250. The van der Waals surface area contributed by atoms with Crippen molar-refractivity contribution in [1.82, 2.24) is 14.6 Å². The highest BCUT2D eigenvalue weighted by Gasteiger charge is 2.10. The molecule has 0 aliphatic carbocycles. The zero-order chi connectivity index (χ0) is 15.4. The van der Waals surface area contributed by atoms with Gasteiger partial charge in [0.15, 0.2) is 5.65 Å². The standard InChI is InChI=1S/C16H18N4O2/c21-10-4-9-19(14-5-2-1-3-6-14)12-13-11-16(22)20-15(18-13)7-8-17-20/h1-3,5-8,11,17,21H,4,9-10,12H2. The zero-order valence-corrected chi connectivity index (χ0v) is 12.1. The third-order valence-corrected chi connectivity index (χ3v) is 3.49. The first-order valence-corrected chi connectivity index (χ1v) is 7.25. The van der Waals surface area contributed by atoms with E-state index in [1.54, 1.807) is 18.3 Å². The number of anilines is 1. The van der Waals surface area contributed by atoms with E-state index < -0.39 is 0 Å². The van der Waals surface area contributed by atoms with E-state index in [0.717, 1.165) is 5.69 Å². The van der Waals surface area contributed by atoms with Crippen molar-refractivity contribution in [2.24, 2.45) is 0 Å². The van der Waals surface area contributed by atoms with Crippen LogP contribution < -0.4 is 10.5 Å². The third-order valence-electron chi connectivity index (χ3n) is 3.49. The Kier molecular flexibility index (Phi) is 4.20. The number of nitrogens with one attached hydrogen (secondary N) is 1. The zero-order valence-electron chi connectivity index (χ0n) is 12.1. The molecule has 0 bridgehead atoms. The van der Waals surface area contributed by atoms with Crippen molar-refractivity contribution in [2.75, 3.05) is 18.1 Å². The molecule has 6 heteroatoms. The highest BCUT2D eigenvalue weighted by molar-refractivity contribution is 5.46. The van der Waals surface area contributed by atoms with E-state index in [9.17, 15) is 4.79 Å². The topological polar surface area (TPSA) is 73.6 Å². The average Bonchev–Trinajstić information content (AvgIpc) is 3.01. The normalized spacial score (nSPS) is 11.0. The van der Waals surface area contributed by atoms with Crippen molar-refractivity contribution in [2.45, 2.75) is 13.0 Å². The fourth-order valence-corrected chi connectivity index (χ4v) is 2.45. The number of aliphatic hydroxyl groups is 1. The summed E-state index contributed by atoms with van der Waals surface area (Å²) in [7, 11) is 0. The van der Waals surface area contributed by atoms with Crippen molar-refractivity contribution in [3.8, 4) is 0 Å². The van der Waals surface area contributed by atoms with Crippen LogP contribution in [0.15, 0.2) is 53.5 Å². The molecule has 3 rings (SSSR count). The van der Waals surface area contributed by atoms with Crippen LogP contribution in [-0.2, 0) is 6.54 Å². The maximum absolute atomic E-state index is 12.0. The lowest BCUT2D eigenvalue weighted by Gasteiger charge is -2.24. The minimum absolute atomic E-state index is 0.125. The van der Waals surface area contributed by atoms with E-state index in [4.69, 9.17) is 5.11 Å². The lowest BCUT2D eigenvalue weighted by Crippen LogP contribution is -2.26. The van der Waals surface area contributed by atoms with Crippen LogP contribution in [0.25, 0.3) is 5.65 Å². The summed E-state index contributed by atoms with van der Waals surface area (Å²) in [6.45, 7) is 1.37. The smallest absolute Gasteiger partial charge is 0.272 e. The number of aliphatic hydroxyl groups excluding tert-OH is 1. The Labute approximate surface area is 127 Å². The first-order chi connectivity index (χ1) is 10.8. The Bertz CT molecular complexity index is 795. The van der Waals surface area contributed by atoms with Gasteiger partial charge in [-0.05, 0) is 18.6 Å². The molecule has 0 spiro atoms. The van der Waals surface area contributed by atoms with Crippen molar-refractivity contribution < 1.29 is 5.11 Å². The number of nitrogens with zero attached hydrogens (tertiary/aromatic N) is 3. The number of aromatic amines is 1. The Hall–Kier alpha value is -2.60. The molecular formula is C16H18N4O2. The van der Waals surface area contributed by atoms with Gasteiger partial charge in [0, 0.05) is 37.2 Å². The molecular weight excluding hydrogens is 280 g/mol. The minimum atomic E-state index is -0.125. The molecule has 22 heavy (non-hydrogen) atoms. The number of benzene rings is 1. The highest BCUT2D eigenvalue weighted by Crippen LogP contribution is 2.16. The summed E-state index contributed by atoms with van der Waals surface area (Å²) in [5.41, 5.74) is 2.25. The summed E-state index contributed by atoms with van der Waals surface area (Å²) >= 11 is 0. The summed E-state index contributed by atoms with van der Waals surface area (Å²) in [6.07, 6.45) is 2.36. The molecule has 0 saturated carbocycles. The molecule has 0 fully saturated rings. The van der Waals surface area contributed by atoms with Gasteiger partial charge in [-0.2, -0.15) is 0 Å². The summed E-state index contributed by atoms with van der Waals surface area (Å²) in [5, 5.41) is 11.9. The Balaban J connectivity index is 1.89. The molecule has 3 aromatic rings. The van der Waals surface area contributed by atoms with Crippen LogP contribution in [0.2, 0.25) is 0 Å². The maximum Gasteiger partial charge on any atom is 0.272 e. The molecule has 2 aromatic heterocycles. The van der Waals surface area contributed by atoms with Gasteiger partial charge in [0.05, 0.1) is 12.2 Å². The molecule has 6 nitrogen and oxygen atoms in total. The number of para-hydroxylation sites is 1. The minimum Gasteiger partial charge on any atom is -0.396 e. The van der Waals surface area contributed by atoms with Crippen LogP contribution in [0.5, 0.6) is 0 Å². The van der Waals surface area contributed by atoms with E-state index in [1.165, 1.54) is 4.52 Å². The van der Waals surface area contributed by atoms with Crippen LogP contribution in [0.3, 0.4) is 0 Å². The second kappa shape index (κ2) is 6.44. The molecule has 0 aliphatic rings. The molecule has 2 heterocycles. The van der Waals surface area contributed by atoms with Crippen molar-refractivity contribution >= 4 is 11.3 Å². The van der Waals surface area contributed by atoms with Crippen LogP contribution >= 0.6 is 0 Å². The molecule has 2 N–H and O–H groups in total. The summed E-state index contributed by atoms with van der Waals surface area (Å²) in [5.74, 6) is 0. The lowest BCUT2D eigenvalue weighted by atomic mass is 10.2. The summed E-state index contributed by atoms with van der Waals surface area (Å²) in [4.78, 5) is 18.6. The Morgan fingerprint density at radius 2 is 2.05 bits per heavy atom. The summed E-state index contributed by atoms with van der Waals surface area (Å²) < 4.78 is 1.41. The van der Waals surface area contributed by atoms with Gasteiger partial charge in [0.2, 0.25) is 0 Å². The molecule has 0 saturated heterocycles. The molecule has 1 aromatic carbocycles. The van der Waals surface area contributed by atoms with Gasteiger partial charge in [-0.25, -0.2) is 9.50 Å². The number of aromatic nitrogens is 3.